The third-order valence-corrected chi connectivity index (χ3v) is 6.22. The molecule has 10 heteroatoms. The minimum absolute atomic E-state index is 0.105. The summed E-state index contributed by atoms with van der Waals surface area (Å²) in [6, 6.07) is 16.6. The van der Waals surface area contributed by atoms with E-state index in [1.165, 1.54) is 29.2 Å². The van der Waals surface area contributed by atoms with E-state index in [2.05, 4.69) is 20.5 Å². The van der Waals surface area contributed by atoms with Gasteiger partial charge in [0.15, 0.2) is 10.1 Å². The van der Waals surface area contributed by atoms with Gasteiger partial charge in [-0.3, -0.25) is 15.1 Å². The van der Waals surface area contributed by atoms with E-state index in [9.17, 15) is 10.1 Å². The highest BCUT2D eigenvalue weighted by Crippen LogP contribution is 2.28. The van der Waals surface area contributed by atoms with Crippen LogP contribution in [0.2, 0.25) is 5.02 Å². The quantitative estimate of drug-likeness (QED) is 0.206. The highest BCUT2D eigenvalue weighted by molar-refractivity contribution is 7.98. The van der Waals surface area contributed by atoms with Crippen molar-refractivity contribution in [3.05, 3.63) is 82.8 Å². The van der Waals surface area contributed by atoms with Crippen molar-refractivity contribution in [1.29, 1.82) is 5.26 Å². The van der Waals surface area contributed by atoms with E-state index in [1.807, 2.05) is 36.4 Å². The molecule has 0 fully saturated rings. The number of nitriles is 1. The average molecular weight is 480 g/mol. The van der Waals surface area contributed by atoms with E-state index in [0.717, 1.165) is 11.1 Å². The number of anilines is 1. The highest BCUT2D eigenvalue weighted by Gasteiger charge is 2.14. The Balaban J connectivity index is 1.39. The van der Waals surface area contributed by atoms with Crippen molar-refractivity contribution >= 4 is 51.8 Å². The minimum Gasteiger partial charge on any atom is -0.450 e. The maximum atomic E-state index is 12.5. The molecule has 0 atom stereocenters. The number of rotatable bonds is 7. The Hall–Kier alpha value is -3.45. The van der Waals surface area contributed by atoms with Crippen LogP contribution in [0.25, 0.3) is 16.6 Å². The first kappa shape index (κ1) is 21.8. The molecule has 0 unspecified atom stereocenters. The third kappa shape index (κ3) is 5.62. The van der Waals surface area contributed by atoms with Crippen molar-refractivity contribution in [2.75, 3.05) is 5.32 Å². The van der Waals surface area contributed by atoms with Crippen LogP contribution in [-0.4, -0.2) is 21.1 Å². The Morgan fingerprint density at radius 2 is 2.06 bits per heavy atom. The van der Waals surface area contributed by atoms with Crippen molar-refractivity contribution in [3.63, 3.8) is 0 Å². The van der Waals surface area contributed by atoms with Crippen LogP contribution in [0.5, 0.6) is 0 Å². The van der Waals surface area contributed by atoms with Crippen LogP contribution in [0.4, 0.5) is 5.13 Å². The van der Waals surface area contributed by atoms with Crippen molar-refractivity contribution in [3.8, 4) is 16.6 Å². The molecule has 3 heterocycles. The van der Waals surface area contributed by atoms with Crippen LogP contribution in [0.3, 0.4) is 0 Å². The second-order valence-corrected chi connectivity index (χ2v) is 8.74. The van der Waals surface area contributed by atoms with Gasteiger partial charge < -0.3 is 4.42 Å². The zero-order valence-electron chi connectivity index (χ0n) is 16.4. The summed E-state index contributed by atoms with van der Waals surface area (Å²) in [7, 11) is 0. The smallest absolute Gasteiger partial charge is 0.268 e. The molecule has 0 radical (unpaired) electrons. The molecule has 4 aromatic rings. The topological polar surface area (TPSA) is 105 Å². The van der Waals surface area contributed by atoms with E-state index in [-0.39, 0.29) is 10.7 Å². The fourth-order valence-electron chi connectivity index (χ4n) is 2.56. The zero-order valence-corrected chi connectivity index (χ0v) is 18.7. The van der Waals surface area contributed by atoms with Crippen LogP contribution >= 0.6 is 34.7 Å². The fraction of sp³-hybridized carbons (Fsp3) is 0.0455. The summed E-state index contributed by atoms with van der Waals surface area (Å²) in [5.41, 5.74) is 1.79. The molecule has 158 valence electrons. The molecule has 32 heavy (non-hydrogen) atoms. The van der Waals surface area contributed by atoms with E-state index < -0.39 is 5.91 Å². The molecule has 0 spiro atoms. The molecule has 1 amide bonds. The van der Waals surface area contributed by atoms with E-state index in [4.69, 9.17) is 16.0 Å². The van der Waals surface area contributed by atoms with Gasteiger partial charge in [0.2, 0.25) is 5.13 Å². The van der Waals surface area contributed by atoms with Gasteiger partial charge in [-0.05, 0) is 42.0 Å². The summed E-state index contributed by atoms with van der Waals surface area (Å²) in [5.74, 6) is 0.521. The second-order valence-electron chi connectivity index (χ2n) is 6.35. The number of nitrogens with one attached hydrogen (secondary N) is 1. The van der Waals surface area contributed by atoms with Crippen LogP contribution in [0, 0.1) is 11.3 Å². The van der Waals surface area contributed by atoms with E-state index in [1.54, 1.807) is 30.6 Å². The Labute approximate surface area is 196 Å². The number of nitrogens with zero attached hydrogens (tertiary/aromatic N) is 4. The van der Waals surface area contributed by atoms with Crippen molar-refractivity contribution < 1.29 is 9.21 Å². The maximum Gasteiger partial charge on any atom is 0.268 e. The lowest BCUT2D eigenvalue weighted by molar-refractivity contribution is -0.112. The summed E-state index contributed by atoms with van der Waals surface area (Å²) in [6.07, 6.45) is 4.71. The molecule has 0 aliphatic carbocycles. The molecule has 1 aromatic carbocycles. The van der Waals surface area contributed by atoms with Crippen LogP contribution in [-0.2, 0) is 10.5 Å². The number of aromatic nitrogens is 3. The summed E-state index contributed by atoms with van der Waals surface area (Å²) in [6.45, 7) is 0. The number of pyridine rings is 1. The number of carbonyl (C=O) groups excluding carboxylic acids is 1. The first-order chi connectivity index (χ1) is 15.6. The molecule has 0 aliphatic rings. The molecule has 0 aliphatic heterocycles. The summed E-state index contributed by atoms with van der Waals surface area (Å²) in [4.78, 5) is 16.5. The van der Waals surface area contributed by atoms with Gasteiger partial charge in [0.05, 0.1) is 0 Å². The zero-order chi connectivity index (χ0) is 22.3. The molecule has 7 nitrogen and oxygen atoms in total. The molecule has 0 saturated heterocycles. The van der Waals surface area contributed by atoms with Gasteiger partial charge in [-0.2, -0.15) is 5.26 Å². The minimum atomic E-state index is -0.590. The first-order valence-electron chi connectivity index (χ1n) is 9.25. The number of hydrogen-bond acceptors (Lipinski definition) is 8. The predicted molar refractivity (Wildman–Crippen MR) is 125 cm³/mol. The van der Waals surface area contributed by atoms with Crippen molar-refractivity contribution in [2.24, 2.45) is 0 Å². The van der Waals surface area contributed by atoms with Crippen LogP contribution < -0.4 is 5.32 Å². The van der Waals surface area contributed by atoms with Gasteiger partial charge in [0, 0.05) is 34.8 Å². The van der Waals surface area contributed by atoms with Gasteiger partial charge in [-0.15, -0.1) is 10.2 Å². The number of benzene rings is 1. The lowest BCUT2D eigenvalue weighted by Crippen LogP contribution is -2.13. The normalized spacial score (nSPS) is 11.2. The SMILES string of the molecule is N#CC(=Cc1ccc(SCc2ccc(Cl)cc2)o1)C(=O)Nc1nnc(-c2cccnc2)s1. The van der Waals surface area contributed by atoms with Crippen LogP contribution in [0.1, 0.15) is 11.3 Å². The van der Waals surface area contributed by atoms with Gasteiger partial charge in [-0.25, -0.2) is 0 Å². The van der Waals surface area contributed by atoms with Crippen molar-refractivity contribution in [1.82, 2.24) is 15.2 Å². The largest absolute Gasteiger partial charge is 0.450 e. The highest BCUT2D eigenvalue weighted by atomic mass is 35.5. The molecule has 4 rings (SSSR count). The summed E-state index contributed by atoms with van der Waals surface area (Å²) in [5, 5.41) is 22.3. The molecule has 0 saturated carbocycles. The number of carbonyl (C=O) groups is 1. The first-order valence-corrected chi connectivity index (χ1v) is 11.4. The Morgan fingerprint density at radius 1 is 1.22 bits per heavy atom. The number of amides is 1. The Morgan fingerprint density at radius 3 is 2.81 bits per heavy atom. The van der Waals surface area contributed by atoms with Gasteiger partial charge >= 0.3 is 0 Å². The monoisotopic (exact) mass is 479 g/mol. The number of halogens is 1. The second kappa shape index (κ2) is 10.2. The molecule has 0 bridgehead atoms. The number of thioether (sulfide) groups is 1. The van der Waals surface area contributed by atoms with E-state index in [0.29, 0.717) is 26.6 Å². The van der Waals surface area contributed by atoms with Gasteiger partial charge in [0.25, 0.3) is 5.91 Å². The van der Waals surface area contributed by atoms with Gasteiger partial charge in [-0.1, -0.05) is 46.8 Å². The number of furan rings is 1. The molecular weight excluding hydrogens is 466 g/mol. The standard InChI is InChI=1S/C22H14ClN5O2S2/c23-17-5-3-14(4-6-17)13-31-19-8-7-18(30-19)10-16(11-24)20(29)26-22-28-27-21(32-22)15-2-1-9-25-12-15/h1-10,12H,13H2,(H,26,28,29). The Kier molecular flexibility index (Phi) is 6.97. The molecule has 3 aromatic heterocycles. The third-order valence-electron chi connectivity index (χ3n) is 4.10. The summed E-state index contributed by atoms with van der Waals surface area (Å²) < 4.78 is 5.72. The number of hydrogen-bond donors (Lipinski definition) is 1. The van der Waals surface area contributed by atoms with Gasteiger partial charge in [0.1, 0.15) is 17.4 Å². The lowest BCUT2D eigenvalue weighted by atomic mass is 10.2. The van der Waals surface area contributed by atoms with Crippen LogP contribution in [0.15, 0.2) is 76.0 Å². The Bertz CT molecular complexity index is 1290. The average Bonchev–Trinajstić information content (AvgIpc) is 3.47. The fourth-order valence-corrected chi connectivity index (χ4v) is 4.24. The van der Waals surface area contributed by atoms with Crippen molar-refractivity contribution in [2.45, 2.75) is 10.8 Å². The molecular formula is C22H14ClN5O2S2. The lowest BCUT2D eigenvalue weighted by Gasteiger charge is -2.00. The predicted octanol–water partition coefficient (Wildman–Crippen LogP) is 5.68. The molecule has 1 N–H and O–H groups in total. The maximum absolute atomic E-state index is 12.5. The van der Waals surface area contributed by atoms with E-state index >= 15 is 0 Å². The summed E-state index contributed by atoms with van der Waals surface area (Å²) >= 11 is 8.59.